The Kier molecular flexibility index (Phi) is 4.34. The van der Waals surface area contributed by atoms with Gasteiger partial charge in [-0.05, 0) is 37.8 Å². The smallest absolute Gasteiger partial charge is 0.237 e. The van der Waals surface area contributed by atoms with Gasteiger partial charge in [-0.25, -0.2) is 4.98 Å². The van der Waals surface area contributed by atoms with Crippen molar-refractivity contribution in [2.75, 3.05) is 6.54 Å². The Morgan fingerprint density at radius 3 is 2.92 bits per heavy atom. The molecule has 4 rings (SSSR count). The molecular formula is C20H26N4O. The van der Waals surface area contributed by atoms with Gasteiger partial charge in [-0.3, -0.25) is 9.69 Å². The van der Waals surface area contributed by atoms with Gasteiger partial charge in [-0.2, -0.15) is 0 Å². The number of benzene rings is 1. The molecule has 132 valence electrons. The fraction of sp³-hybridized carbons (Fsp3) is 0.500. The molecular weight excluding hydrogens is 312 g/mol. The summed E-state index contributed by atoms with van der Waals surface area (Å²) in [5.41, 5.74) is 3.83. The van der Waals surface area contributed by atoms with Crippen LogP contribution in [0.1, 0.15) is 36.0 Å². The first-order chi connectivity index (χ1) is 12.1. The number of carbonyl (C=O) groups is 1. The van der Waals surface area contributed by atoms with Crippen molar-refractivity contribution in [2.45, 2.75) is 58.3 Å². The van der Waals surface area contributed by atoms with Gasteiger partial charge in [0.25, 0.3) is 0 Å². The van der Waals surface area contributed by atoms with E-state index in [0.29, 0.717) is 0 Å². The van der Waals surface area contributed by atoms with Gasteiger partial charge in [-0.15, -0.1) is 0 Å². The molecule has 0 fully saturated rings. The molecule has 2 aliphatic rings. The molecule has 1 N–H and O–H groups in total. The van der Waals surface area contributed by atoms with Gasteiger partial charge in [0, 0.05) is 38.3 Å². The van der Waals surface area contributed by atoms with Crippen molar-refractivity contribution in [2.24, 2.45) is 0 Å². The van der Waals surface area contributed by atoms with Crippen molar-refractivity contribution in [1.29, 1.82) is 0 Å². The van der Waals surface area contributed by atoms with E-state index < -0.39 is 0 Å². The lowest BCUT2D eigenvalue weighted by molar-refractivity contribution is -0.127. The van der Waals surface area contributed by atoms with Gasteiger partial charge in [0.05, 0.1) is 11.7 Å². The summed E-state index contributed by atoms with van der Waals surface area (Å²) < 4.78 is 2.19. The Morgan fingerprint density at radius 2 is 2.08 bits per heavy atom. The quantitative estimate of drug-likeness (QED) is 0.932. The summed E-state index contributed by atoms with van der Waals surface area (Å²) >= 11 is 0. The fourth-order valence-electron chi connectivity index (χ4n) is 4.04. The minimum Gasteiger partial charge on any atom is -0.350 e. The second-order valence-corrected chi connectivity index (χ2v) is 7.36. The van der Waals surface area contributed by atoms with E-state index in [1.54, 1.807) is 0 Å². The molecule has 0 unspecified atom stereocenters. The lowest BCUT2D eigenvalue weighted by Gasteiger charge is -2.34. The van der Waals surface area contributed by atoms with E-state index in [4.69, 9.17) is 0 Å². The molecule has 0 saturated heterocycles. The summed E-state index contributed by atoms with van der Waals surface area (Å²) in [7, 11) is 0. The monoisotopic (exact) mass is 338 g/mol. The Bertz CT molecular complexity index is 782. The topological polar surface area (TPSA) is 50.2 Å². The molecule has 1 aromatic heterocycles. The second kappa shape index (κ2) is 6.64. The minimum atomic E-state index is -0.0979. The first-order valence-electron chi connectivity index (χ1n) is 9.24. The van der Waals surface area contributed by atoms with Crippen LogP contribution < -0.4 is 5.32 Å². The number of nitrogens with zero attached hydrogens (tertiary/aromatic N) is 3. The first kappa shape index (κ1) is 16.3. The SMILES string of the molecule is Cc1cn2c(n1)CC[C@H](NC(=O)[C@@H](C)N1CCc3ccccc3C1)C2. The Morgan fingerprint density at radius 1 is 1.28 bits per heavy atom. The largest absolute Gasteiger partial charge is 0.350 e. The number of imidazole rings is 1. The molecule has 0 radical (unpaired) electrons. The Balaban J connectivity index is 1.37. The van der Waals surface area contributed by atoms with Crippen LogP contribution in [0.2, 0.25) is 0 Å². The minimum absolute atomic E-state index is 0.0979. The van der Waals surface area contributed by atoms with Crippen molar-refractivity contribution < 1.29 is 4.79 Å². The van der Waals surface area contributed by atoms with Gasteiger partial charge >= 0.3 is 0 Å². The molecule has 2 atom stereocenters. The van der Waals surface area contributed by atoms with Crippen molar-refractivity contribution in [3.05, 3.63) is 53.1 Å². The van der Waals surface area contributed by atoms with E-state index >= 15 is 0 Å². The van der Waals surface area contributed by atoms with Gasteiger partial charge in [0.15, 0.2) is 0 Å². The number of amides is 1. The highest BCUT2D eigenvalue weighted by atomic mass is 16.2. The lowest BCUT2D eigenvalue weighted by Crippen LogP contribution is -2.51. The van der Waals surface area contributed by atoms with E-state index in [-0.39, 0.29) is 18.0 Å². The molecule has 5 nitrogen and oxygen atoms in total. The van der Waals surface area contributed by atoms with E-state index in [0.717, 1.165) is 50.4 Å². The fourth-order valence-corrected chi connectivity index (χ4v) is 4.04. The summed E-state index contributed by atoms with van der Waals surface area (Å²) in [6.45, 7) is 6.69. The summed E-state index contributed by atoms with van der Waals surface area (Å²) in [5, 5.41) is 3.26. The van der Waals surface area contributed by atoms with E-state index in [1.807, 2.05) is 13.8 Å². The van der Waals surface area contributed by atoms with Crippen LogP contribution in [0.15, 0.2) is 30.5 Å². The number of rotatable bonds is 3. The number of aryl methyl sites for hydroxylation is 2. The Labute approximate surface area is 149 Å². The average Bonchev–Trinajstić information content (AvgIpc) is 3.00. The van der Waals surface area contributed by atoms with Gasteiger partial charge < -0.3 is 9.88 Å². The molecule has 5 heteroatoms. The number of carbonyl (C=O) groups excluding carboxylic acids is 1. The maximum atomic E-state index is 12.8. The molecule has 25 heavy (non-hydrogen) atoms. The van der Waals surface area contributed by atoms with Gasteiger partial charge in [-0.1, -0.05) is 24.3 Å². The maximum absolute atomic E-state index is 12.8. The summed E-state index contributed by atoms with van der Waals surface area (Å²) in [5.74, 6) is 1.29. The van der Waals surface area contributed by atoms with Crippen LogP contribution in [0.3, 0.4) is 0 Å². The highest BCUT2D eigenvalue weighted by Gasteiger charge is 2.28. The number of fused-ring (bicyclic) bond motifs is 2. The third kappa shape index (κ3) is 3.33. The second-order valence-electron chi connectivity index (χ2n) is 7.36. The molecule has 1 amide bonds. The number of hydrogen-bond acceptors (Lipinski definition) is 3. The van der Waals surface area contributed by atoms with Gasteiger partial charge in [0.2, 0.25) is 5.91 Å². The zero-order chi connectivity index (χ0) is 17.4. The molecule has 2 aromatic rings. The lowest BCUT2D eigenvalue weighted by atomic mass is 9.98. The van der Waals surface area contributed by atoms with E-state index in [9.17, 15) is 4.79 Å². The zero-order valence-corrected chi connectivity index (χ0v) is 15.0. The van der Waals surface area contributed by atoms with Crippen molar-refractivity contribution in [1.82, 2.24) is 19.8 Å². The number of nitrogens with one attached hydrogen (secondary N) is 1. The molecule has 2 aliphatic heterocycles. The summed E-state index contributed by atoms with van der Waals surface area (Å²) in [4.78, 5) is 19.6. The molecule has 3 heterocycles. The molecule has 0 aliphatic carbocycles. The van der Waals surface area contributed by atoms with E-state index in [2.05, 4.69) is 50.2 Å². The maximum Gasteiger partial charge on any atom is 0.237 e. The normalized spacial score (nSPS) is 21.3. The molecule has 0 bridgehead atoms. The first-order valence-corrected chi connectivity index (χ1v) is 9.24. The number of aromatic nitrogens is 2. The molecule has 0 spiro atoms. The van der Waals surface area contributed by atoms with Crippen LogP contribution in [0.5, 0.6) is 0 Å². The highest BCUT2D eigenvalue weighted by molar-refractivity contribution is 5.81. The third-order valence-corrected chi connectivity index (χ3v) is 5.55. The zero-order valence-electron chi connectivity index (χ0n) is 15.0. The van der Waals surface area contributed by atoms with Crippen molar-refractivity contribution in [3.8, 4) is 0 Å². The van der Waals surface area contributed by atoms with Gasteiger partial charge in [0.1, 0.15) is 5.82 Å². The number of hydrogen-bond donors (Lipinski definition) is 1. The molecule has 1 aromatic carbocycles. The average molecular weight is 338 g/mol. The van der Waals surface area contributed by atoms with Crippen LogP contribution >= 0.6 is 0 Å². The van der Waals surface area contributed by atoms with E-state index in [1.165, 1.54) is 11.1 Å². The van der Waals surface area contributed by atoms with Crippen LogP contribution in [-0.2, 0) is 30.7 Å². The predicted molar refractivity (Wildman–Crippen MR) is 97.2 cm³/mol. The molecule has 0 saturated carbocycles. The van der Waals surface area contributed by atoms with Crippen molar-refractivity contribution >= 4 is 5.91 Å². The Hall–Kier alpha value is -2.14. The van der Waals surface area contributed by atoms with Crippen molar-refractivity contribution in [3.63, 3.8) is 0 Å². The summed E-state index contributed by atoms with van der Waals surface area (Å²) in [6, 6.07) is 8.66. The summed E-state index contributed by atoms with van der Waals surface area (Å²) in [6.07, 6.45) is 5.01. The highest BCUT2D eigenvalue weighted by Crippen LogP contribution is 2.21. The van der Waals surface area contributed by atoms with Crippen LogP contribution in [0, 0.1) is 6.92 Å². The standard InChI is InChI=1S/C20H26N4O/c1-14-11-24-13-18(7-8-19(24)21-14)22-20(25)15(2)23-10-9-16-5-3-4-6-17(16)12-23/h3-6,11,15,18H,7-10,12-13H2,1-2H3,(H,22,25)/t15-,18+/m1/s1. The van der Waals surface area contributed by atoms with Crippen LogP contribution in [0.4, 0.5) is 0 Å². The van der Waals surface area contributed by atoms with Crippen LogP contribution in [0.25, 0.3) is 0 Å². The predicted octanol–water partition coefficient (Wildman–Crippen LogP) is 2.07. The third-order valence-electron chi connectivity index (χ3n) is 5.55. The van der Waals surface area contributed by atoms with Crippen LogP contribution in [-0.4, -0.2) is 39.0 Å².